The average Bonchev–Trinajstić information content (AvgIpc) is 3.25. The summed E-state index contributed by atoms with van der Waals surface area (Å²) in [5, 5.41) is 2.86. The van der Waals surface area contributed by atoms with Gasteiger partial charge in [-0.15, -0.1) is 0 Å². The quantitative estimate of drug-likeness (QED) is 0.281. The Hall–Kier alpha value is -3.22. The van der Waals surface area contributed by atoms with E-state index >= 15 is 0 Å². The van der Waals surface area contributed by atoms with Gasteiger partial charge < -0.3 is 25.1 Å². The highest BCUT2D eigenvalue weighted by Crippen LogP contribution is 2.23. The fraction of sp³-hybridized carbons (Fsp3) is 0.480. The van der Waals surface area contributed by atoms with Crippen LogP contribution in [0.5, 0.6) is 0 Å². The van der Waals surface area contributed by atoms with Gasteiger partial charge >= 0.3 is 5.69 Å². The Morgan fingerprint density at radius 1 is 1.24 bits per heavy atom. The normalized spacial score (nSPS) is 16.7. The zero-order valence-electron chi connectivity index (χ0n) is 21.5. The lowest BCUT2D eigenvalue weighted by Gasteiger charge is -2.31. The fourth-order valence-electron chi connectivity index (χ4n) is 4.61. The first-order chi connectivity index (χ1) is 17.7. The van der Waals surface area contributed by atoms with Crippen LogP contribution in [-0.2, 0) is 37.6 Å². The van der Waals surface area contributed by atoms with Gasteiger partial charge in [-0.1, -0.05) is 23.8 Å². The number of aryl methyl sites for hydroxylation is 2. The van der Waals surface area contributed by atoms with Gasteiger partial charge in [-0.2, -0.15) is 4.98 Å². The first-order valence-electron chi connectivity index (χ1n) is 12.4. The highest BCUT2D eigenvalue weighted by atomic mass is 32.2. The maximum atomic E-state index is 13.7. The minimum atomic E-state index is -1.93. The number of nitrogens with one attached hydrogen (secondary N) is 1. The van der Waals surface area contributed by atoms with Crippen molar-refractivity contribution in [3.63, 3.8) is 0 Å². The van der Waals surface area contributed by atoms with Crippen LogP contribution < -0.4 is 27.2 Å². The summed E-state index contributed by atoms with van der Waals surface area (Å²) in [4.78, 5) is 33.8. The number of hydrogen-bond donors (Lipinski definition) is 3. The van der Waals surface area contributed by atoms with E-state index in [0.29, 0.717) is 42.3 Å². The molecule has 200 valence electrons. The molecule has 0 spiro atoms. The summed E-state index contributed by atoms with van der Waals surface area (Å²) in [7, 11) is 1.65. The van der Waals surface area contributed by atoms with E-state index in [1.807, 2.05) is 36.6 Å². The van der Waals surface area contributed by atoms with Crippen LogP contribution in [0.3, 0.4) is 0 Å². The molecule has 3 aromatic rings. The third-order valence-electron chi connectivity index (χ3n) is 6.61. The summed E-state index contributed by atoms with van der Waals surface area (Å²) >= 11 is -1.93. The third-order valence-corrected chi connectivity index (χ3v) is 7.00. The summed E-state index contributed by atoms with van der Waals surface area (Å²) in [6.45, 7) is 6.15. The molecule has 0 saturated carbocycles. The van der Waals surface area contributed by atoms with Gasteiger partial charge in [0.1, 0.15) is 5.88 Å². The molecule has 12 heteroatoms. The van der Waals surface area contributed by atoms with Crippen LogP contribution in [0, 0.1) is 0 Å². The molecule has 0 aliphatic carbocycles. The molecular formula is C25H35N7O4S. The number of anilines is 2. The number of allylic oxidation sites excluding steroid dienone is 2. The topological polar surface area (TPSA) is 140 Å². The summed E-state index contributed by atoms with van der Waals surface area (Å²) in [6, 6.07) is 7.38. The van der Waals surface area contributed by atoms with Gasteiger partial charge in [0.05, 0.1) is 0 Å². The van der Waals surface area contributed by atoms with Crippen molar-refractivity contribution in [3.8, 4) is 0 Å². The Bertz CT molecular complexity index is 1430. The number of rotatable bonds is 9. The molecule has 1 aromatic carbocycles. The molecule has 3 heterocycles. The van der Waals surface area contributed by atoms with Gasteiger partial charge in [0, 0.05) is 45.0 Å². The number of hydrogen-bond acceptors (Lipinski definition) is 7. The van der Waals surface area contributed by atoms with Crippen molar-refractivity contribution in [3.05, 3.63) is 62.3 Å². The van der Waals surface area contributed by atoms with Crippen molar-refractivity contribution in [2.75, 3.05) is 29.2 Å². The molecule has 2 atom stereocenters. The van der Waals surface area contributed by atoms with E-state index in [9.17, 15) is 13.8 Å². The lowest BCUT2D eigenvalue weighted by Crippen LogP contribution is -2.44. The maximum absolute atomic E-state index is 13.7. The molecule has 1 aliphatic heterocycles. The molecule has 1 fully saturated rings. The van der Waals surface area contributed by atoms with Gasteiger partial charge in [0.2, 0.25) is 5.95 Å². The molecule has 1 aliphatic rings. The van der Waals surface area contributed by atoms with Crippen LogP contribution >= 0.6 is 0 Å². The van der Waals surface area contributed by atoms with Crippen molar-refractivity contribution >= 4 is 33.9 Å². The third kappa shape index (κ3) is 6.03. The molecule has 4 N–H and O–H groups in total. The molecular weight excluding hydrogens is 494 g/mol. The van der Waals surface area contributed by atoms with Gasteiger partial charge in [0.25, 0.3) is 5.56 Å². The van der Waals surface area contributed by atoms with E-state index in [0.717, 1.165) is 30.5 Å². The van der Waals surface area contributed by atoms with Crippen molar-refractivity contribution < 1.29 is 8.76 Å². The molecule has 0 radical (unpaired) electrons. The van der Waals surface area contributed by atoms with Gasteiger partial charge in [-0.05, 0) is 50.8 Å². The van der Waals surface area contributed by atoms with E-state index in [1.54, 1.807) is 19.2 Å². The second-order valence-corrected chi connectivity index (χ2v) is 10.6. The van der Waals surface area contributed by atoms with E-state index in [2.05, 4.69) is 10.2 Å². The lowest BCUT2D eigenvalue weighted by molar-refractivity contribution is 0.495. The Morgan fingerprint density at radius 3 is 2.62 bits per heavy atom. The highest BCUT2D eigenvalue weighted by molar-refractivity contribution is 7.79. The first kappa shape index (κ1) is 26.8. The number of aromatic nitrogens is 4. The van der Waals surface area contributed by atoms with Crippen LogP contribution in [-0.4, -0.2) is 52.5 Å². The SMILES string of the molecule is CC(C)=CCn1c(N2CCCC(N)C2)nc2c1c(=O)n(CCc1ccc(NCS(=O)O)cc1)c(=O)n2C. The van der Waals surface area contributed by atoms with Gasteiger partial charge in [-0.25, -0.2) is 9.00 Å². The Morgan fingerprint density at radius 2 is 1.97 bits per heavy atom. The van der Waals surface area contributed by atoms with Crippen molar-refractivity contribution in [1.29, 1.82) is 0 Å². The zero-order chi connectivity index (χ0) is 26.7. The van der Waals surface area contributed by atoms with Crippen LogP contribution in [0.4, 0.5) is 11.6 Å². The fourth-order valence-corrected chi connectivity index (χ4v) is 4.90. The number of piperidine rings is 1. The molecule has 2 aromatic heterocycles. The molecule has 2 unspecified atom stereocenters. The molecule has 0 bridgehead atoms. The number of imidazole rings is 1. The molecule has 0 amide bonds. The Kier molecular flexibility index (Phi) is 8.30. The van der Waals surface area contributed by atoms with E-state index in [4.69, 9.17) is 15.3 Å². The smallest absolute Gasteiger partial charge is 0.332 e. The summed E-state index contributed by atoms with van der Waals surface area (Å²) in [6.07, 6.45) is 4.42. The number of fused-ring (bicyclic) bond motifs is 1. The van der Waals surface area contributed by atoms with Crippen LogP contribution in [0.1, 0.15) is 32.3 Å². The van der Waals surface area contributed by atoms with Gasteiger partial charge in [-0.3, -0.25) is 13.9 Å². The first-order valence-corrected chi connectivity index (χ1v) is 13.7. The maximum Gasteiger partial charge on any atom is 0.332 e. The second kappa shape index (κ2) is 11.4. The molecule has 1 saturated heterocycles. The van der Waals surface area contributed by atoms with Crippen LogP contribution in [0.2, 0.25) is 0 Å². The zero-order valence-corrected chi connectivity index (χ0v) is 22.3. The van der Waals surface area contributed by atoms with E-state index < -0.39 is 16.8 Å². The molecule has 37 heavy (non-hydrogen) atoms. The number of nitrogens with zero attached hydrogens (tertiary/aromatic N) is 5. The monoisotopic (exact) mass is 529 g/mol. The Labute approximate surface area is 217 Å². The summed E-state index contributed by atoms with van der Waals surface area (Å²) < 4.78 is 24.4. The summed E-state index contributed by atoms with van der Waals surface area (Å²) in [5.41, 5.74) is 9.02. The predicted octanol–water partition coefficient (Wildman–Crippen LogP) is 1.62. The van der Waals surface area contributed by atoms with Crippen molar-refractivity contribution in [1.82, 2.24) is 18.7 Å². The number of benzene rings is 1. The van der Waals surface area contributed by atoms with Crippen LogP contribution in [0.25, 0.3) is 11.2 Å². The van der Waals surface area contributed by atoms with E-state index in [1.165, 1.54) is 9.13 Å². The molecule has 11 nitrogen and oxygen atoms in total. The van der Waals surface area contributed by atoms with E-state index in [-0.39, 0.29) is 24.0 Å². The van der Waals surface area contributed by atoms with Crippen LogP contribution in [0.15, 0.2) is 45.5 Å². The average molecular weight is 530 g/mol. The minimum Gasteiger partial charge on any atom is -0.372 e. The van der Waals surface area contributed by atoms with Crippen molar-refractivity contribution in [2.24, 2.45) is 12.8 Å². The molecule has 4 rings (SSSR count). The lowest BCUT2D eigenvalue weighted by atomic mass is 10.1. The minimum absolute atomic E-state index is 0.0401. The second-order valence-electron chi connectivity index (χ2n) is 9.71. The summed E-state index contributed by atoms with van der Waals surface area (Å²) in [5.74, 6) is 0.607. The van der Waals surface area contributed by atoms with Gasteiger partial charge in [0.15, 0.2) is 22.2 Å². The number of nitrogens with two attached hydrogens (primary N) is 1. The Balaban J connectivity index is 1.70. The predicted molar refractivity (Wildman–Crippen MR) is 147 cm³/mol. The highest BCUT2D eigenvalue weighted by Gasteiger charge is 2.26. The van der Waals surface area contributed by atoms with Crippen molar-refractivity contribution in [2.45, 2.75) is 52.2 Å². The standard InChI is InChI=1S/C25H35N7O4S/c1-17(2)10-13-31-21-22(28-24(31)30-12-4-5-19(26)15-30)29(3)25(34)32(23(21)33)14-11-18-6-8-20(9-7-18)27-16-37(35)36/h6-10,19,27H,4-5,11-16,26H2,1-3H3,(H,35,36). The largest absolute Gasteiger partial charge is 0.372 e.